The fourth-order valence-corrected chi connectivity index (χ4v) is 9.59. The quantitative estimate of drug-likeness (QED) is 0.0292. The lowest BCUT2D eigenvalue weighted by molar-refractivity contribution is -0.384. The predicted octanol–water partition coefficient (Wildman–Crippen LogP) is 9.53. The maximum atomic E-state index is 14.4. The number of nitrogens with zero attached hydrogens (tertiary/aromatic N) is 5. The van der Waals surface area contributed by atoms with E-state index >= 15 is 0 Å². The van der Waals surface area contributed by atoms with E-state index in [0.29, 0.717) is 22.3 Å². The second-order valence-electron chi connectivity index (χ2n) is 16.3. The van der Waals surface area contributed by atoms with Gasteiger partial charge in [0, 0.05) is 17.9 Å². The van der Waals surface area contributed by atoms with Crippen molar-refractivity contribution in [3.8, 4) is 5.69 Å². The first-order chi connectivity index (χ1) is 36.2. The van der Waals surface area contributed by atoms with E-state index in [4.69, 9.17) is 38.7 Å². The Balaban J connectivity index is 1.27. The molecular formula is C56H43N5O11S2. The largest absolute Gasteiger partial charge is 0.459 e. The minimum atomic E-state index is -1.70. The lowest BCUT2D eigenvalue weighted by Gasteiger charge is -2.43. The third-order valence-electron chi connectivity index (χ3n) is 11.3. The SMILES string of the molecule is O=C(OC[C@H]1O[C@@H](/N=c2\sc(=Nc3ccccc3)nc(SCc3ccccc3)n2-c2ccc([N+](=O)[O-])cc2)[C@H](OC(=O)c2ccccc2)[C@@H](OC(=O)c2ccccc2)[C@@H]1OC(=O)c1ccccc1)c1ccccc1. The van der Waals surface area contributed by atoms with E-state index in [2.05, 4.69) is 0 Å². The predicted molar refractivity (Wildman–Crippen MR) is 274 cm³/mol. The van der Waals surface area contributed by atoms with Crippen molar-refractivity contribution in [2.75, 3.05) is 6.61 Å². The van der Waals surface area contributed by atoms with Crippen LogP contribution in [0.1, 0.15) is 47.0 Å². The van der Waals surface area contributed by atoms with Gasteiger partial charge in [-0.25, -0.2) is 29.2 Å². The van der Waals surface area contributed by atoms with Crippen LogP contribution in [0.25, 0.3) is 5.69 Å². The van der Waals surface area contributed by atoms with Crippen LogP contribution in [0.15, 0.2) is 221 Å². The molecule has 1 aromatic heterocycles. The zero-order valence-corrected chi connectivity index (χ0v) is 40.6. The van der Waals surface area contributed by atoms with Gasteiger partial charge in [-0.3, -0.25) is 14.7 Å². The molecule has 1 fully saturated rings. The number of para-hydroxylation sites is 1. The normalized spacial score (nSPS) is 17.6. The number of nitro groups is 1. The number of esters is 4. The molecule has 0 spiro atoms. The van der Waals surface area contributed by atoms with Gasteiger partial charge in [0.25, 0.3) is 5.69 Å². The average Bonchev–Trinajstić information content (AvgIpc) is 3.44. The highest BCUT2D eigenvalue weighted by Crippen LogP contribution is 2.32. The number of nitro benzene ring substituents is 1. The number of benzene rings is 7. The minimum absolute atomic E-state index is 0.112. The van der Waals surface area contributed by atoms with Crippen molar-refractivity contribution in [3.05, 3.63) is 254 Å². The number of rotatable bonds is 16. The van der Waals surface area contributed by atoms with Gasteiger partial charge in [-0.15, -0.1) is 0 Å². The van der Waals surface area contributed by atoms with E-state index in [1.54, 1.807) is 102 Å². The van der Waals surface area contributed by atoms with Crippen molar-refractivity contribution in [2.24, 2.45) is 9.98 Å². The summed E-state index contributed by atoms with van der Waals surface area (Å²) in [4.78, 5) is 83.4. The Hall–Kier alpha value is -8.84. The standard InChI is InChI=1S/C56H43N5O11S2/c62-50(38-21-9-2-10-22-38)68-35-45-46(70-51(63)39-23-11-3-12-24-39)47(71-52(64)40-25-13-4-14-26-40)48(72-53(65)41-27-15-5-16-28-41)49(69-45)58-56-60(43-31-33-44(34-32-43)61(66)67)55(73-36-37-19-7-1-8-20-37)59-54(74-56)57-42-29-17-6-18-30-42/h1-34,45-49H,35-36H2/b57-54?,58-56-/t45-,46-,47+,48-,49-/m1/s1. The number of carbonyl (C=O) groups excluding carboxylic acids is 4. The molecule has 0 N–H and O–H groups in total. The number of non-ortho nitro benzene ring substituents is 1. The maximum absolute atomic E-state index is 14.4. The molecule has 8 aromatic rings. The molecule has 0 aliphatic carbocycles. The Bertz CT molecular complexity index is 3370. The highest BCUT2D eigenvalue weighted by Gasteiger charge is 2.53. The van der Waals surface area contributed by atoms with Crippen LogP contribution in [-0.4, -0.2) is 75.6 Å². The number of hydrogen-bond donors (Lipinski definition) is 0. The van der Waals surface area contributed by atoms with E-state index in [0.717, 1.165) is 16.9 Å². The molecule has 5 atom stereocenters. The van der Waals surface area contributed by atoms with Crippen LogP contribution >= 0.6 is 23.1 Å². The Morgan fingerprint density at radius 2 is 1.05 bits per heavy atom. The summed E-state index contributed by atoms with van der Waals surface area (Å²) in [6.45, 7) is -0.583. The van der Waals surface area contributed by atoms with Gasteiger partial charge in [0.1, 0.15) is 12.7 Å². The number of aromatic nitrogens is 2. The van der Waals surface area contributed by atoms with Crippen molar-refractivity contribution in [2.45, 2.75) is 41.6 Å². The highest BCUT2D eigenvalue weighted by molar-refractivity contribution is 7.98. The summed E-state index contributed by atoms with van der Waals surface area (Å²) in [6, 6.07) is 56.8. The van der Waals surface area contributed by atoms with Gasteiger partial charge in [0.15, 0.2) is 34.5 Å². The lowest BCUT2D eigenvalue weighted by Crippen LogP contribution is -2.62. The molecule has 0 radical (unpaired) electrons. The van der Waals surface area contributed by atoms with Gasteiger partial charge in [-0.05, 0) is 78.4 Å². The average molecular weight is 1030 g/mol. The number of hydrogen-bond acceptors (Lipinski definition) is 16. The van der Waals surface area contributed by atoms with Gasteiger partial charge in [-0.1, -0.05) is 144 Å². The summed E-state index contributed by atoms with van der Waals surface area (Å²) in [5, 5.41) is 12.3. The van der Waals surface area contributed by atoms with Crippen molar-refractivity contribution in [1.29, 1.82) is 0 Å². The van der Waals surface area contributed by atoms with Crippen LogP contribution in [0, 0.1) is 10.1 Å². The Morgan fingerprint density at radius 3 is 1.57 bits per heavy atom. The summed E-state index contributed by atoms with van der Waals surface area (Å²) in [5.41, 5.74) is 2.31. The summed E-state index contributed by atoms with van der Waals surface area (Å²) >= 11 is 2.34. The van der Waals surface area contributed by atoms with Crippen LogP contribution in [0.3, 0.4) is 0 Å². The molecule has 74 heavy (non-hydrogen) atoms. The first kappa shape index (κ1) is 50.1. The van der Waals surface area contributed by atoms with Crippen LogP contribution in [-0.2, 0) is 29.4 Å². The monoisotopic (exact) mass is 1030 g/mol. The molecule has 7 aromatic carbocycles. The van der Waals surface area contributed by atoms with Crippen molar-refractivity contribution >= 4 is 58.4 Å². The number of ether oxygens (including phenoxy) is 5. The highest BCUT2D eigenvalue weighted by atomic mass is 32.2. The van der Waals surface area contributed by atoms with E-state index < -0.39 is 66.1 Å². The Labute approximate surface area is 431 Å². The zero-order chi connectivity index (χ0) is 51.2. The fourth-order valence-electron chi connectivity index (χ4n) is 7.63. The molecule has 16 nitrogen and oxygen atoms in total. The molecule has 1 aliphatic rings. The van der Waals surface area contributed by atoms with Crippen LogP contribution in [0.5, 0.6) is 0 Å². The van der Waals surface area contributed by atoms with Crippen molar-refractivity contribution < 1.29 is 47.8 Å². The molecule has 18 heteroatoms. The third-order valence-corrected chi connectivity index (χ3v) is 13.1. The first-order valence-electron chi connectivity index (χ1n) is 23.0. The molecule has 370 valence electrons. The smallest absolute Gasteiger partial charge is 0.338 e. The summed E-state index contributed by atoms with van der Waals surface area (Å²) in [6.07, 6.45) is -8.13. The van der Waals surface area contributed by atoms with Gasteiger partial charge < -0.3 is 23.7 Å². The fraction of sp³-hybridized carbons (Fsp3) is 0.125. The summed E-state index contributed by atoms with van der Waals surface area (Å²) < 4.78 is 33.3. The topological polar surface area (TPSA) is 200 Å². The molecule has 0 saturated carbocycles. The molecular weight excluding hydrogens is 983 g/mol. The van der Waals surface area contributed by atoms with Gasteiger partial charge >= 0.3 is 23.9 Å². The molecule has 2 heterocycles. The van der Waals surface area contributed by atoms with Crippen molar-refractivity contribution in [1.82, 2.24) is 9.55 Å². The first-order valence-corrected chi connectivity index (χ1v) is 24.8. The second-order valence-corrected chi connectivity index (χ2v) is 18.1. The van der Waals surface area contributed by atoms with E-state index in [1.807, 2.05) is 48.5 Å². The Morgan fingerprint density at radius 1 is 0.595 bits per heavy atom. The van der Waals surface area contributed by atoms with Gasteiger partial charge in [-0.2, -0.15) is 4.98 Å². The number of thioether (sulfide) groups is 1. The zero-order valence-electron chi connectivity index (χ0n) is 39.0. The summed E-state index contributed by atoms with van der Waals surface area (Å²) in [7, 11) is 0. The minimum Gasteiger partial charge on any atom is -0.459 e. The molecule has 0 unspecified atom stereocenters. The van der Waals surface area contributed by atoms with Crippen LogP contribution < -0.4 is 9.60 Å². The Kier molecular flexibility index (Phi) is 16.3. The van der Waals surface area contributed by atoms with Crippen molar-refractivity contribution in [3.63, 3.8) is 0 Å². The maximum Gasteiger partial charge on any atom is 0.338 e. The molecule has 0 amide bonds. The van der Waals surface area contributed by atoms with Gasteiger partial charge in [0.2, 0.25) is 4.80 Å². The lowest BCUT2D eigenvalue weighted by atomic mass is 9.97. The molecule has 1 aliphatic heterocycles. The summed E-state index contributed by atoms with van der Waals surface area (Å²) in [5.74, 6) is -2.94. The second kappa shape index (κ2) is 24.1. The van der Waals surface area contributed by atoms with Crippen LogP contribution in [0.2, 0.25) is 0 Å². The van der Waals surface area contributed by atoms with E-state index in [1.165, 1.54) is 72.4 Å². The molecule has 0 bridgehead atoms. The molecule has 9 rings (SSSR count). The van der Waals surface area contributed by atoms with Gasteiger partial charge in [0.05, 0.1) is 38.6 Å². The third kappa shape index (κ3) is 12.6. The van der Waals surface area contributed by atoms with E-state index in [9.17, 15) is 29.3 Å². The van der Waals surface area contributed by atoms with Crippen LogP contribution in [0.4, 0.5) is 11.4 Å². The molecule has 1 saturated heterocycles. The number of carbonyl (C=O) groups is 4. The van der Waals surface area contributed by atoms with E-state index in [-0.39, 0.29) is 37.5 Å².